The summed E-state index contributed by atoms with van der Waals surface area (Å²) in [6, 6.07) is 34.4. The van der Waals surface area contributed by atoms with Crippen molar-refractivity contribution in [1.82, 2.24) is 4.57 Å². The maximum Gasteiger partial charge on any atom is 0.0950 e. The molecule has 5 aromatic rings. The van der Waals surface area contributed by atoms with Crippen molar-refractivity contribution >= 4 is 38.9 Å². The summed E-state index contributed by atoms with van der Waals surface area (Å²) in [5, 5.41) is 2.75. The first-order chi connectivity index (χ1) is 18.7. The number of anilines is 3. The highest BCUT2D eigenvalue weighted by Crippen LogP contribution is 2.41. The zero-order valence-electron chi connectivity index (χ0n) is 23.0. The molecule has 38 heavy (non-hydrogen) atoms. The Morgan fingerprint density at radius 2 is 1.29 bits per heavy atom. The molecular formula is C35H39N3. The third-order valence-electron chi connectivity index (χ3n) is 8.31. The van der Waals surface area contributed by atoms with Crippen LogP contribution in [0, 0.1) is 0 Å². The summed E-state index contributed by atoms with van der Waals surface area (Å²) in [7, 11) is 2.16. The molecule has 6 rings (SSSR count). The number of benzene rings is 4. The van der Waals surface area contributed by atoms with Crippen molar-refractivity contribution in [2.24, 2.45) is 0 Å². The van der Waals surface area contributed by atoms with Gasteiger partial charge in [0.25, 0.3) is 0 Å². The minimum Gasteiger partial charge on any atom is -0.355 e. The second kappa shape index (κ2) is 10.6. The molecule has 0 unspecified atom stereocenters. The van der Waals surface area contributed by atoms with E-state index in [2.05, 4.69) is 126 Å². The van der Waals surface area contributed by atoms with Gasteiger partial charge < -0.3 is 14.4 Å². The largest absolute Gasteiger partial charge is 0.355 e. The Kier molecular flexibility index (Phi) is 6.84. The van der Waals surface area contributed by atoms with E-state index in [0.717, 1.165) is 6.67 Å². The molecule has 0 N–H and O–H groups in total. The van der Waals surface area contributed by atoms with E-state index in [-0.39, 0.29) is 0 Å². The Bertz CT molecular complexity index is 1540. The van der Waals surface area contributed by atoms with Crippen LogP contribution >= 0.6 is 0 Å². The highest BCUT2D eigenvalue weighted by atomic mass is 15.4. The van der Waals surface area contributed by atoms with Crippen LogP contribution in [0.5, 0.6) is 0 Å². The monoisotopic (exact) mass is 501 g/mol. The maximum absolute atomic E-state index is 2.67. The minimum atomic E-state index is 0.544. The van der Waals surface area contributed by atoms with E-state index >= 15 is 0 Å². The molecule has 0 spiro atoms. The molecule has 0 atom stereocenters. The van der Waals surface area contributed by atoms with Crippen molar-refractivity contribution < 1.29 is 0 Å². The van der Waals surface area contributed by atoms with Crippen LogP contribution in [0.25, 0.3) is 32.9 Å². The number of hydrogen-bond donors (Lipinski definition) is 0. The van der Waals surface area contributed by atoms with Crippen molar-refractivity contribution in [2.45, 2.75) is 58.4 Å². The quantitative estimate of drug-likeness (QED) is 0.199. The van der Waals surface area contributed by atoms with E-state index < -0.39 is 0 Å². The van der Waals surface area contributed by atoms with Gasteiger partial charge in [-0.25, -0.2) is 0 Å². The Morgan fingerprint density at radius 3 is 2.03 bits per heavy atom. The molecule has 3 heteroatoms. The second-order valence-electron chi connectivity index (χ2n) is 10.9. The van der Waals surface area contributed by atoms with E-state index in [1.807, 2.05) is 0 Å². The molecule has 0 fully saturated rings. The predicted molar refractivity (Wildman–Crippen MR) is 165 cm³/mol. The molecule has 0 saturated heterocycles. The zero-order valence-corrected chi connectivity index (χ0v) is 23.0. The average molecular weight is 502 g/mol. The van der Waals surface area contributed by atoms with Crippen molar-refractivity contribution in [1.29, 1.82) is 0 Å². The number of unbranched alkanes of at least 4 members (excludes halogenated alkanes) is 2. The van der Waals surface area contributed by atoms with Crippen molar-refractivity contribution in [3.8, 4) is 11.1 Å². The van der Waals surface area contributed by atoms with Crippen LogP contribution in [0.4, 0.5) is 17.1 Å². The number of para-hydroxylation sites is 3. The Hall–Kier alpha value is -3.72. The standard InChI is InChI=1S/C35H39N3/c1-4-6-12-29(13-7-5-2)38-32-15-9-8-14-30(32)31-23-20-27(24-35(31)38)26-18-21-28(22-19-26)37-25-36(3)33-16-10-11-17-34(33)37/h8-11,14-24,29H,4-7,12-13,25H2,1-3H3. The lowest BCUT2D eigenvalue weighted by Gasteiger charge is -2.22. The Labute approximate surface area is 227 Å². The van der Waals surface area contributed by atoms with Crippen molar-refractivity contribution in [3.63, 3.8) is 0 Å². The molecule has 4 aromatic carbocycles. The van der Waals surface area contributed by atoms with Gasteiger partial charge in [0, 0.05) is 40.6 Å². The molecule has 0 radical (unpaired) electrons. The summed E-state index contributed by atoms with van der Waals surface area (Å²) in [6.07, 6.45) is 7.53. The average Bonchev–Trinajstić information content (AvgIpc) is 3.48. The van der Waals surface area contributed by atoms with Crippen LogP contribution < -0.4 is 9.80 Å². The smallest absolute Gasteiger partial charge is 0.0950 e. The van der Waals surface area contributed by atoms with Gasteiger partial charge >= 0.3 is 0 Å². The normalized spacial score (nSPS) is 13.3. The molecule has 0 bridgehead atoms. The number of aromatic nitrogens is 1. The summed E-state index contributed by atoms with van der Waals surface area (Å²) in [6.45, 7) is 5.49. The summed E-state index contributed by atoms with van der Waals surface area (Å²) < 4.78 is 2.67. The summed E-state index contributed by atoms with van der Waals surface area (Å²) in [5.41, 5.74) is 9.11. The van der Waals surface area contributed by atoms with Crippen LogP contribution in [-0.2, 0) is 0 Å². The van der Waals surface area contributed by atoms with Crippen LogP contribution in [0.3, 0.4) is 0 Å². The van der Waals surface area contributed by atoms with Gasteiger partial charge in [0.1, 0.15) is 0 Å². The van der Waals surface area contributed by atoms with E-state index in [1.165, 1.54) is 88.5 Å². The lowest BCUT2D eigenvalue weighted by atomic mass is 10.0. The fraction of sp³-hybridized carbons (Fsp3) is 0.314. The molecule has 194 valence electrons. The molecule has 1 aromatic heterocycles. The highest BCUT2D eigenvalue weighted by Gasteiger charge is 2.24. The van der Waals surface area contributed by atoms with Crippen molar-refractivity contribution in [3.05, 3.63) is 91.0 Å². The van der Waals surface area contributed by atoms with Gasteiger partial charge in [-0.3, -0.25) is 0 Å². The van der Waals surface area contributed by atoms with Crippen LogP contribution in [0.1, 0.15) is 58.4 Å². The van der Waals surface area contributed by atoms with Gasteiger partial charge in [-0.1, -0.05) is 94.1 Å². The summed E-state index contributed by atoms with van der Waals surface area (Å²) >= 11 is 0. The van der Waals surface area contributed by atoms with E-state index in [4.69, 9.17) is 0 Å². The van der Waals surface area contributed by atoms with E-state index in [9.17, 15) is 0 Å². The van der Waals surface area contributed by atoms with Crippen LogP contribution in [0.15, 0.2) is 91.0 Å². The Balaban J connectivity index is 1.39. The number of nitrogens with zero attached hydrogens (tertiary/aromatic N) is 3. The molecule has 0 saturated carbocycles. The number of fused-ring (bicyclic) bond motifs is 4. The van der Waals surface area contributed by atoms with E-state index in [0.29, 0.717) is 6.04 Å². The fourth-order valence-electron chi connectivity index (χ4n) is 6.29. The predicted octanol–water partition coefficient (Wildman–Crippen LogP) is 9.93. The fourth-order valence-corrected chi connectivity index (χ4v) is 6.29. The van der Waals surface area contributed by atoms with E-state index in [1.54, 1.807) is 0 Å². The minimum absolute atomic E-state index is 0.544. The van der Waals surface area contributed by atoms with Gasteiger partial charge in [0.2, 0.25) is 0 Å². The summed E-state index contributed by atoms with van der Waals surface area (Å²) in [5.74, 6) is 0. The first kappa shape index (κ1) is 24.6. The second-order valence-corrected chi connectivity index (χ2v) is 10.9. The lowest BCUT2D eigenvalue weighted by molar-refractivity contribution is 0.427. The summed E-state index contributed by atoms with van der Waals surface area (Å²) in [4.78, 5) is 4.70. The molecular weight excluding hydrogens is 462 g/mol. The third kappa shape index (κ3) is 4.34. The zero-order chi connectivity index (χ0) is 26.1. The maximum atomic E-state index is 2.67. The molecule has 2 heterocycles. The first-order valence-corrected chi connectivity index (χ1v) is 14.4. The van der Waals surface area contributed by atoms with Gasteiger partial charge in [-0.2, -0.15) is 0 Å². The SMILES string of the molecule is CCCCC(CCCC)n1c2ccccc2c2ccc(-c3ccc(N4CN(C)c5ccccc54)cc3)cc21. The molecule has 0 amide bonds. The molecule has 3 nitrogen and oxygen atoms in total. The molecule has 0 aliphatic carbocycles. The first-order valence-electron chi connectivity index (χ1n) is 14.4. The molecule has 1 aliphatic heterocycles. The third-order valence-corrected chi connectivity index (χ3v) is 8.31. The van der Waals surface area contributed by atoms with Crippen LogP contribution in [0.2, 0.25) is 0 Å². The van der Waals surface area contributed by atoms with Gasteiger partial charge in [0.15, 0.2) is 0 Å². The number of rotatable bonds is 9. The van der Waals surface area contributed by atoms with Gasteiger partial charge in [-0.05, 0) is 60.4 Å². The number of hydrogen-bond acceptors (Lipinski definition) is 2. The van der Waals surface area contributed by atoms with Crippen molar-refractivity contribution in [2.75, 3.05) is 23.5 Å². The van der Waals surface area contributed by atoms with Crippen LogP contribution in [-0.4, -0.2) is 18.3 Å². The topological polar surface area (TPSA) is 11.4 Å². The highest BCUT2D eigenvalue weighted by molar-refractivity contribution is 6.09. The van der Waals surface area contributed by atoms with Gasteiger partial charge in [0.05, 0.1) is 18.0 Å². The Morgan fingerprint density at radius 1 is 0.658 bits per heavy atom. The molecule has 1 aliphatic rings. The lowest BCUT2D eigenvalue weighted by Crippen LogP contribution is -2.23. The van der Waals surface area contributed by atoms with Gasteiger partial charge in [-0.15, -0.1) is 0 Å².